The lowest BCUT2D eigenvalue weighted by molar-refractivity contribution is -0.00000596. The van der Waals surface area contributed by atoms with Crippen LogP contribution in [0, 0.1) is 0 Å². The van der Waals surface area contributed by atoms with E-state index in [1.807, 2.05) is 11.9 Å². The van der Waals surface area contributed by atoms with Gasteiger partial charge in [0.15, 0.2) is 0 Å². The van der Waals surface area contributed by atoms with Crippen LogP contribution in [-0.2, 0) is 4.74 Å². The highest BCUT2D eigenvalue weighted by Gasteiger charge is 1.91. The average molecular weight is 229 g/mol. The largest absolute Gasteiger partial charge is 1.00 e. The summed E-state index contributed by atoms with van der Waals surface area (Å²) in [5, 5.41) is 16.7. The van der Waals surface area contributed by atoms with Crippen LogP contribution in [0.4, 0.5) is 0 Å². The second-order valence-corrected chi connectivity index (χ2v) is 2.74. The van der Waals surface area contributed by atoms with Crippen molar-refractivity contribution in [3.8, 4) is 0 Å². The molecule has 0 aromatic carbocycles. The summed E-state index contributed by atoms with van der Waals surface area (Å²) in [6.07, 6.45) is 1.12. The molecule has 2 N–H and O–H groups in total. The average Bonchev–Trinajstić information content (AvgIpc) is 2.08. The van der Waals surface area contributed by atoms with Crippen molar-refractivity contribution in [3.05, 3.63) is 0 Å². The highest BCUT2D eigenvalue weighted by molar-refractivity contribution is 4.45. The van der Waals surface area contributed by atoms with Gasteiger partial charge in [-0.25, -0.2) is 0 Å². The third kappa shape index (κ3) is 22.7. The molecule has 0 radical (unpaired) electrons. The fourth-order valence-electron chi connectivity index (χ4n) is 0.657. The second-order valence-electron chi connectivity index (χ2n) is 2.74. The van der Waals surface area contributed by atoms with Crippen molar-refractivity contribution < 1.29 is 27.4 Å². The number of hydrogen-bond acceptors (Lipinski definition) is 4. The molecule has 0 saturated heterocycles. The summed E-state index contributed by atoms with van der Waals surface area (Å²) in [5.41, 5.74) is 0. The van der Waals surface area contributed by atoms with E-state index in [0.717, 1.165) is 13.0 Å². The zero-order chi connectivity index (χ0) is 10.5. The third-order valence-electron chi connectivity index (χ3n) is 1.37. The maximum absolute atomic E-state index is 8.34. The van der Waals surface area contributed by atoms with Crippen LogP contribution in [0.3, 0.4) is 0 Å². The number of ether oxygens (including phenoxy) is 1. The topological polar surface area (TPSA) is 52.9 Å². The molecule has 5 heteroatoms. The number of nitrogens with zero attached hydrogens (tertiary/aromatic N) is 1. The molecular formula is C9H23ClNO3-. The van der Waals surface area contributed by atoms with E-state index in [2.05, 4.69) is 6.92 Å². The van der Waals surface area contributed by atoms with Gasteiger partial charge in [0.1, 0.15) is 0 Å². The molecule has 0 aliphatic heterocycles. The molecule has 0 saturated carbocycles. The van der Waals surface area contributed by atoms with Gasteiger partial charge in [0.25, 0.3) is 0 Å². The van der Waals surface area contributed by atoms with Crippen LogP contribution in [-0.4, -0.2) is 62.2 Å². The van der Waals surface area contributed by atoms with Crippen molar-refractivity contribution in [1.29, 1.82) is 0 Å². The van der Waals surface area contributed by atoms with E-state index in [4.69, 9.17) is 14.9 Å². The Morgan fingerprint density at radius 2 is 1.57 bits per heavy atom. The summed E-state index contributed by atoms with van der Waals surface area (Å²) in [6, 6.07) is 0. The summed E-state index contributed by atoms with van der Waals surface area (Å²) >= 11 is 0. The van der Waals surface area contributed by atoms with Crippen molar-refractivity contribution in [2.24, 2.45) is 0 Å². The number of hydrogen-bond donors (Lipinski definition) is 2. The zero-order valence-electron chi connectivity index (χ0n) is 9.37. The number of aliphatic hydroxyl groups excluding tert-OH is 2. The minimum Gasteiger partial charge on any atom is -1.00 e. The van der Waals surface area contributed by atoms with E-state index in [1.54, 1.807) is 7.11 Å². The standard InChI is InChI=1S/C5H13NO2.C4H10O.ClH/c1-6(2-4-7)3-5-8;1-3-4-5-2;/h7-8H,2-5H2,1H3;3-4H2,1-2H3;1H/p-1. The molecule has 0 heterocycles. The number of aliphatic hydroxyl groups is 2. The Labute approximate surface area is 93.3 Å². The zero-order valence-corrected chi connectivity index (χ0v) is 10.1. The van der Waals surface area contributed by atoms with Crippen LogP contribution >= 0.6 is 0 Å². The lowest BCUT2D eigenvalue weighted by atomic mass is 10.5. The van der Waals surface area contributed by atoms with E-state index < -0.39 is 0 Å². The van der Waals surface area contributed by atoms with Crippen LogP contribution in [0.25, 0.3) is 0 Å². The molecule has 0 bridgehead atoms. The summed E-state index contributed by atoms with van der Waals surface area (Å²) in [5.74, 6) is 0. The van der Waals surface area contributed by atoms with E-state index in [-0.39, 0.29) is 25.6 Å². The molecule has 0 fully saturated rings. The fourth-order valence-corrected chi connectivity index (χ4v) is 0.657. The van der Waals surface area contributed by atoms with Gasteiger partial charge >= 0.3 is 0 Å². The number of likely N-dealkylation sites (N-methyl/N-ethyl adjacent to an activating group) is 1. The SMILES string of the molecule is CCCOC.CN(CCO)CCO.[Cl-]. The molecule has 4 nitrogen and oxygen atoms in total. The molecular weight excluding hydrogens is 206 g/mol. The highest BCUT2D eigenvalue weighted by atomic mass is 35.5. The molecule has 0 atom stereocenters. The first-order valence-electron chi connectivity index (χ1n) is 4.62. The number of rotatable bonds is 6. The van der Waals surface area contributed by atoms with Crippen LogP contribution in [0.2, 0.25) is 0 Å². The van der Waals surface area contributed by atoms with Gasteiger partial charge in [-0.3, -0.25) is 0 Å². The van der Waals surface area contributed by atoms with Crippen LogP contribution in [0.1, 0.15) is 13.3 Å². The molecule has 0 unspecified atom stereocenters. The molecule has 14 heavy (non-hydrogen) atoms. The lowest BCUT2D eigenvalue weighted by Gasteiger charge is -2.11. The smallest absolute Gasteiger partial charge is 0.0558 e. The first kappa shape index (κ1) is 19.7. The molecule has 0 aromatic rings. The van der Waals surface area contributed by atoms with Crippen LogP contribution in [0.5, 0.6) is 0 Å². The van der Waals surface area contributed by atoms with Crippen LogP contribution < -0.4 is 12.4 Å². The van der Waals surface area contributed by atoms with Gasteiger partial charge in [-0.2, -0.15) is 0 Å². The van der Waals surface area contributed by atoms with E-state index in [0.29, 0.717) is 13.1 Å². The van der Waals surface area contributed by atoms with Gasteiger partial charge < -0.3 is 32.3 Å². The Kier molecular flexibility index (Phi) is 26.4. The number of methoxy groups -OCH3 is 1. The maximum Gasteiger partial charge on any atom is 0.0558 e. The molecule has 0 aliphatic rings. The molecule has 0 aromatic heterocycles. The van der Waals surface area contributed by atoms with E-state index in [1.165, 1.54) is 0 Å². The summed E-state index contributed by atoms with van der Waals surface area (Å²) in [4.78, 5) is 1.86. The van der Waals surface area contributed by atoms with Crippen molar-refractivity contribution >= 4 is 0 Å². The van der Waals surface area contributed by atoms with Gasteiger partial charge in [0.2, 0.25) is 0 Å². The van der Waals surface area contributed by atoms with Gasteiger partial charge in [-0.15, -0.1) is 0 Å². The molecule has 0 rings (SSSR count). The van der Waals surface area contributed by atoms with E-state index >= 15 is 0 Å². The summed E-state index contributed by atoms with van der Waals surface area (Å²) < 4.78 is 4.69. The second kappa shape index (κ2) is 18.8. The van der Waals surface area contributed by atoms with Gasteiger partial charge in [0.05, 0.1) is 13.2 Å². The van der Waals surface area contributed by atoms with Gasteiger partial charge in [-0.1, -0.05) is 6.92 Å². The highest BCUT2D eigenvalue weighted by Crippen LogP contribution is 1.76. The van der Waals surface area contributed by atoms with Crippen LogP contribution in [0.15, 0.2) is 0 Å². The fraction of sp³-hybridized carbons (Fsp3) is 1.00. The molecule has 0 amide bonds. The first-order valence-corrected chi connectivity index (χ1v) is 4.62. The predicted octanol–water partition coefficient (Wildman–Crippen LogP) is -3.05. The maximum atomic E-state index is 8.34. The first-order chi connectivity index (χ1) is 6.22. The lowest BCUT2D eigenvalue weighted by Crippen LogP contribution is -3.00. The molecule has 90 valence electrons. The Morgan fingerprint density at radius 1 is 1.14 bits per heavy atom. The predicted molar refractivity (Wildman–Crippen MR) is 53.8 cm³/mol. The summed E-state index contributed by atoms with van der Waals surface area (Å²) in [6.45, 7) is 4.58. The minimum atomic E-state index is 0. The minimum absolute atomic E-state index is 0. The number of halogens is 1. The summed E-state index contributed by atoms with van der Waals surface area (Å²) in [7, 11) is 3.57. The van der Waals surface area contributed by atoms with Gasteiger partial charge in [0, 0.05) is 26.8 Å². The Morgan fingerprint density at radius 3 is 1.71 bits per heavy atom. The van der Waals surface area contributed by atoms with Crippen molar-refractivity contribution in [1.82, 2.24) is 4.90 Å². The van der Waals surface area contributed by atoms with E-state index in [9.17, 15) is 0 Å². The van der Waals surface area contributed by atoms with Crippen molar-refractivity contribution in [2.45, 2.75) is 13.3 Å². The Hall–Kier alpha value is 0.130. The monoisotopic (exact) mass is 228 g/mol. The Bertz CT molecular complexity index is 78.5. The van der Waals surface area contributed by atoms with Crippen molar-refractivity contribution in [2.75, 3.05) is 47.1 Å². The molecule has 0 spiro atoms. The normalized spacial score (nSPS) is 9.00. The van der Waals surface area contributed by atoms with Gasteiger partial charge in [-0.05, 0) is 13.5 Å². The molecule has 0 aliphatic carbocycles. The quantitative estimate of drug-likeness (QED) is 0.508. The Balaban J connectivity index is -0.000000177. The van der Waals surface area contributed by atoms with Crippen molar-refractivity contribution in [3.63, 3.8) is 0 Å². The third-order valence-corrected chi connectivity index (χ3v) is 1.37.